The van der Waals surface area contributed by atoms with Crippen molar-refractivity contribution < 1.29 is 0 Å². The molecule has 0 saturated heterocycles. The lowest BCUT2D eigenvalue weighted by Gasteiger charge is -2.26. The average molecular weight is 240 g/mol. The molecule has 0 aromatic heterocycles. The minimum atomic E-state index is 0.730. The van der Waals surface area contributed by atoms with E-state index in [-0.39, 0.29) is 0 Å². The van der Waals surface area contributed by atoms with E-state index in [1.54, 1.807) is 0 Å². The summed E-state index contributed by atoms with van der Waals surface area (Å²) in [5.74, 6) is 1.03. The fraction of sp³-hybridized carbons (Fsp3) is 1.00. The molecule has 1 saturated carbocycles. The first-order valence-electron chi connectivity index (χ1n) is 7.68. The second kappa shape index (κ2) is 8.93. The van der Waals surface area contributed by atoms with Crippen molar-refractivity contribution in [3.63, 3.8) is 0 Å². The standard InChI is InChI=1S/C15H32N2/c1-4-10-16-11-6-5-7-12-17(14(2)3)13-15-8-9-15/h14-16H,4-13H2,1-3H3. The summed E-state index contributed by atoms with van der Waals surface area (Å²) in [7, 11) is 0. The fourth-order valence-electron chi connectivity index (χ4n) is 2.24. The van der Waals surface area contributed by atoms with Crippen molar-refractivity contribution in [3.8, 4) is 0 Å². The van der Waals surface area contributed by atoms with Crippen LogP contribution in [0, 0.1) is 5.92 Å². The van der Waals surface area contributed by atoms with Gasteiger partial charge in [0.2, 0.25) is 0 Å². The van der Waals surface area contributed by atoms with E-state index in [2.05, 4.69) is 31.0 Å². The number of nitrogens with one attached hydrogen (secondary N) is 1. The lowest BCUT2D eigenvalue weighted by molar-refractivity contribution is 0.208. The van der Waals surface area contributed by atoms with Gasteiger partial charge in [-0.15, -0.1) is 0 Å². The molecule has 1 N–H and O–H groups in total. The topological polar surface area (TPSA) is 15.3 Å². The molecule has 102 valence electrons. The largest absolute Gasteiger partial charge is 0.317 e. The molecule has 0 unspecified atom stereocenters. The summed E-state index contributed by atoms with van der Waals surface area (Å²) in [5, 5.41) is 3.47. The Kier molecular flexibility index (Phi) is 7.87. The SMILES string of the molecule is CCCNCCCCCN(CC1CC1)C(C)C. The monoisotopic (exact) mass is 240 g/mol. The predicted molar refractivity (Wildman–Crippen MR) is 76.4 cm³/mol. The van der Waals surface area contributed by atoms with Gasteiger partial charge in [-0.05, 0) is 71.5 Å². The maximum atomic E-state index is 3.47. The highest BCUT2D eigenvalue weighted by molar-refractivity contribution is 4.78. The third kappa shape index (κ3) is 7.77. The lowest BCUT2D eigenvalue weighted by Crippen LogP contribution is -2.33. The van der Waals surface area contributed by atoms with Crippen LogP contribution in [-0.4, -0.2) is 37.1 Å². The molecule has 2 nitrogen and oxygen atoms in total. The summed E-state index contributed by atoms with van der Waals surface area (Å²) in [4.78, 5) is 2.68. The van der Waals surface area contributed by atoms with E-state index in [4.69, 9.17) is 0 Å². The normalized spacial score (nSPS) is 16.1. The van der Waals surface area contributed by atoms with E-state index in [9.17, 15) is 0 Å². The molecule has 1 fully saturated rings. The van der Waals surface area contributed by atoms with Crippen molar-refractivity contribution in [1.29, 1.82) is 0 Å². The number of rotatable bonds is 11. The van der Waals surface area contributed by atoms with Crippen LogP contribution in [0.1, 0.15) is 59.3 Å². The maximum absolute atomic E-state index is 3.47. The molecule has 0 heterocycles. The second-order valence-electron chi connectivity index (χ2n) is 5.84. The van der Waals surface area contributed by atoms with Crippen LogP contribution in [-0.2, 0) is 0 Å². The maximum Gasteiger partial charge on any atom is 0.00387 e. The van der Waals surface area contributed by atoms with Crippen molar-refractivity contribution in [1.82, 2.24) is 10.2 Å². The average Bonchev–Trinajstić information content (AvgIpc) is 3.10. The predicted octanol–water partition coefficient (Wildman–Crippen LogP) is 3.28. The first-order chi connectivity index (χ1) is 8.24. The molecule has 1 aliphatic rings. The molecule has 2 heteroatoms. The summed E-state index contributed by atoms with van der Waals surface area (Å²) in [6.07, 6.45) is 8.30. The Hall–Kier alpha value is -0.0800. The molecule has 1 rings (SSSR count). The molecule has 1 aliphatic carbocycles. The van der Waals surface area contributed by atoms with E-state index in [0.717, 1.165) is 12.0 Å². The Morgan fingerprint density at radius 1 is 1.12 bits per heavy atom. The van der Waals surface area contributed by atoms with Crippen LogP contribution >= 0.6 is 0 Å². The van der Waals surface area contributed by atoms with Crippen LogP contribution in [0.3, 0.4) is 0 Å². The van der Waals surface area contributed by atoms with E-state index in [1.807, 2.05) is 0 Å². The highest BCUT2D eigenvalue weighted by Crippen LogP contribution is 2.30. The Bertz CT molecular complexity index is 176. The van der Waals surface area contributed by atoms with Crippen LogP contribution in [0.15, 0.2) is 0 Å². The summed E-state index contributed by atoms with van der Waals surface area (Å²) in [6.45, 7) is 12.0. The van der Waals surface area contributed by atoms with Crippen LogP contribution in [0.5, 0.6) is 0 Å². The van der Waals surface area contributed by atoms with Gasteiger partial charge in [0, 0.05) is 12.6 Å². The minimum absolute atomic E-state index is 0.730. The number of unbranched alkanes of at least 4 members (excludes halogenated alkanes) is 2. The van der Waals surface area contributed by atoms with E-state index < -0.39 is 0 Å². The summed E-state index contributed by atoms with van der Waals surface area (Å²) < 4.78 is 0. The van der Waals surface area contributed by atoms with Gasteiger partial charge < -0.3 is 10.2 Å². The van der Waals surface area contributed by atoms with Gasteiger partial charge in [0.15, 0.2) is 0 Å². The highest BCUT2D eigenvalue weighted by atomic mass is 15.1. The van der Waals surface area contributed by atoms with Crippen molar-refractivity contribution in [2.45, 2.75) is 65.3 Å². The van der Waals surface area contributed by atoms with Crippen LogP contribution in [0.2, 0.25) is 0 Å². The molecule has 0 aromatic carbocycles. The van der Waals surface area contributed by atoms with Gasteiger partial charge in [-0.3, -0.25) is 0 Å². The molecule has 0 spiro atoms. The first-order valence-corrected chi connectivity index (χ1v) is 7.68. The van der Waals surface area contributed by atoms with Crippen LogP contribution < -0.4 is 5.32 Å². The van der Waals surface area contributed by atoms with Gasteiger partial charge in [-0.2, -0.15) is 0 Å². The Labute approximate surface area is 108 Å². The van der Waals surface area contributed by atoms with Gasteiger partial charge in [-0.1, -0.05) is 13.3 Å². The van der Waals surface area contributed by atoms with E-state index >= 15 is 0 Å². The van der Waals surface area contributed by atoms with Crippen molar-refractivity contribution in [2.24, 2.45) is 5.92 Å². The van der Waals surface area contributed by atoms with Gasteiger partial charge in [-0.25, -0.2) is 0 Å². The zero-order chi connectivity index (χ0) is 12.5. The lowest BCUT2D eigenvalue weighted by atomic mass is 10.2. The third-order valence-corrected chi connectivity index (χ3v) is 3.65. The van der Waals surface area contributed by atoms with Gasteiger partial charge in [0.1, 0.15) is 0 Å². The fourth-order valence-corrected chi connectivity index (χ4v) is 2.24. The number of nitrogens with zero attached hydrogens (tertiary/aromatic N) is 1. The molecule has 0 atom stereocenters. The molecular formula is C15H32N2. The third-order valence-electron chi connectivity index (χ3n) is 3.65. The van der Waals surface area contributed by atoms with Gasteiger partial charge in [0.25, 0.3) is 0 Å². The Morgan fingerprint density at radius 2 is 1.88 bits per heavy atom. The second-order valence-corrected chi connectivity index (χ2v) is 5.84. The summed E-state index contributed by atoms with van der Waals surface area (Å²) in [6, 6.07) is 0.730. The van der Waals surface area contributed by atoms with Crippen molar-refractivity contribution in [3.05, 3.63) is 0 Å². The molecular weight excluding hydrogens is 208 g/mol. The molecule has 0 amide bonds. The van der Waals surface area contributed by atoms with Gasteiger partial charge >= 0.3 is 0 Å². The summed E-state index contributed by atoms with van der Waals surface area (Å²) in [5.41, 5.74) is 0. The van der Waals surface area contributed by atoms with Crippen LogP contribution in [0.4, 0.5) is 0 Å². The van der Waals surface area contributed by atoms with Crippen molar-refractivity contribution >= 4 is 0 Å². The minimum Gasteiger partial charge on any atom is -0.317 e. The number of hydrogen-bond acceptors (Lipinski definition) is 2. The molecule has 0 radical (unpaired) electrons. The molecule has 0 bridgehead atoms. The zero-order valence-corrected chi connectivity index (χ0v) is 12.2. The molecule has 0 aromatic rings. The Morgan fingerprint density at radius 3 is 2.47 bits per heavy atom. The molecule has 0 aliphatic heterocycles. The van der Waals surface area contributed by atoms with Gasteiger partial charge in [0.05, 0.1) is 0 Å². The first kappa shape index (κ1) is 15.0. The van der Waals surface area contributed by atoms with Crippen molar-refractivity contribution in [2.75, 3.05) is 26.2 Å². The summed E-state index contributed by atoms with van der Waals surface area (Å²) >= 11 is 0. The Balaban J connectivity index is 1.94. The van der Waals surface area contributed by atoms with Crippen LogP contribution in [0.25, 0.3) is 0 Å². The van der Waals surface area contributed by atoms with E-state index in [0.29, 0.717) is 0 Å². The molecule has 17 heavy (non-hydrogen) atoms. The number of hydrogen-bond donors (Lipinski definition) is 1. The highest BCUT2D eigenvalue weighted by Gasteiger charge is 2.24. The van der Waals surface area contributed by atoms with E-state index in [1.165, 1.54) is 64.7 Å². The smallest absolute Gasteiger partial charge is 0.00387 e. The quantitative estimate of drug-likeness (QED) is 0.558. The zero-order valence-electron chi connectivity index (χ0n) is 12.2.